The molecule has 1 aromatic carbocycles. The Morgan fingerprint density at radius 3 is 2.62 bits per heavy atom. The number of nitrogens with one attached hydrogen (secondary N) is 1. The van der Waals surface area contributed by atoms with Gasteiger partial charge in [0.1, 0.15) is 0 Å². The van der Waals surface area contributed by atoms with Crippen LogP contribution in [0.1, 0.15) is 22.8 Å². The third kappa shape index (κ3) is 5.20. The number of para-hydroxylation sites is 1. The molecule has 1 aromatic heterocycles. The van der Waals surface area contributed by atoms with Crippen LogP contribution in [0.5, 0.6) is 0 Å². The van der Waals surface area contributed by atoms with Crippen LogP contribution >= 0.6 is 11.3 Å². The van der Waals surface area contributed by atoms with Gasteiger partial charge in [0.15, 0.2) is 6.61 Å². The van der Waals surface area contributed by atoms with Gasteiger partial charge in [0.25, 0.3) is 5.91 Å². The summed E-state index contributed by atoms with van der Waals surface area (Å²) in [6.07, 6.45) is 0.121. The number of amides is 1. The second kappa shape index (κ2) is 8.83. The lowest BCUT2D eigenvalue weighted by atomic mass is 10.2. The minimum atomic E-state index is -0.525. The van der Waals surface area contributed by atoms with Gasteiger partial charge in [0.2, 0.25) is 0 Å². The van der Waals surface area contributed by atoms with Gasteiger partial charge in [-0.15, -0.1) is 0 Å². The molecule has 0 radical (unpaired) electrons. The fraction of sp³-hybridized carbons (Fsp3) is 0.235. The molecule has 2 aromatic rings. The first kappa shape index (κ1) is 17.7. The van der Waals surface area contributed by atoms with Gasteiger partial charge >= 0.3 is 11.9 Å². The molecule has 1 heterocycles. The maximum atomic E-state index is 11.9. The van der Waals surface area contributed by atoms with Gasteiger partial charge in [-0.1, -0.05) is 12.1 Å². The van der Waals surface area contributed by atoms with Gasteiger partial charge in [-0.05, 0) is 41.4 Å². The average Bonchev–Trinajstić information content (AvgIpc) is 3.06. The molecule has 0 atom stereocenters. The summed E-state index contributed by atoms with van der Waals surface area (Å²) in [4.78, 5) is 35.4. The van der Waals surface area contributed by atoms with Crippen LogP contribution in [0.3, 0.4) is 0 Å². The molecule has 6 nitrogen and oxygen atoms in total. The summed E-state index contributed by atoms with van der Waals surface area (Å²) in [5.41, 5.74) is 1.41. The van der Waals surface area contributed by atoms with E-state index >= 15 is 0 Å². The first-order valence-corrected chi connectivity index (χ1v) is 8.27. The smallest absolute Gasteiger partial charge is 0.340 e. The number of thiophene rings is 1. The maximum Gasteiger partial charge on any atom is 0.340 e. The van der Waals surface area contributed by atoms with E-state index in [-0.39, 0.29) is 18.6 Å². The molecule has 0 unspecified atom stereocenters. The standard InChI is InChI=1S/C17H17NO5S/c1-2-22-17(21)13-5-3-4-6-14(13)18-15(19)10-23-16(20)9-12-7-8-24-11-12/h3-8,11H,2,9-10H2,1H3,(H,18,19). The Labute approximate surface area is 143 Å². The number of hydrogen-bond donors (Lipinski definition) is 1. The highest BCUT2D eigenvalue weighted by Crippen LogP contribution is 2.16. The van der Waals surface area contributed by atoms with E-state index in [1.807, 2.05) is 16.8 Å². The molecule has 0 fully saturated rings. The molecule has 0 aliphatic heterocycles. The van der Waals surface area contributed by atoms with Crippen molar-refractivity contribution in [1.29, 1.82) is 0 Å². The molecule has 0 bridgehead atoms. The van der Waals surface area contributed by atoms with Gasteiger partial charge in [0.05, 0.1) is 24.3 Å². The molecule has 7 heteroatoms. The van der Waals surface area contributed by atoms with Gasteiger partial charge in [-0.25, -0.2) is 4.79 Å². The van der Waals surface area contributed by atoms with Crippen LogP contribution in [0.15, 0.2) is 41.1 Å². The van der Waals surface area contributed by atoms with E-state index in [0.29, 0.717) is 5.69 Å². The van der Waals surface area contributed by atoms with E-state index in [9.17, 15) is 14.4 Å². The maximum absolute atomic E-state index is 11.9. The zero-order valence-electron chi connectivity index (χ0n) is 13.1. The fourth-order valence-corrected chi connectivity index (χ4v) is 2.59. The number of esters is 2. The summed E-state index contributed by atoms with van der Waals surface area (Å²) in [5, 5.41) is 6.26. The van der Waals surface area contributed by atoms with Crippen LogP contribution < -0.4 is 5.32 Å². The Balaban J connectivity index is 1.88. The summed E-state index contributed by atoms with van der Waals surface area (Å²) in [5.74, 6) is -1.53. The van der Waals surface area contributed by atoms with E-state index in [2.05, 4.69) is 5.32 Å². The number of carbonyl (C=O) groups excluding carboxylic acids is 3. The molecule has 0 aliphatic carbocycles. The van der Waals surface area contributed by atoms with Crippen molar-refractivity contribution in [2.45, 2.75) is 13.3 Å². The highest BCUT2D eigenvalue weighted by atomic mass is 32.1. The molecule has 0 saturated heterocycles. The Bertz CT molecular complexity index is 712. The molecule has 1 amide bonds. The van der Waals surface area contributed by atoms with Crippen LogP contribution in [-0.4, -0.2) is 31.1 Å². The normalized spacial score (nSPS) is 10.0. The average molecular weight is 347 g/mol. The molecular formula is C17H17NO5S. The molecule has 2 rings (SSSR count). The van der Waals surface area contributed by atoms with Gasteiger partial charge in [-0.3, -0.25) is 9.59 Å². The van der Waals surface area contributed by atoms with Crippen molar-refractivity contribution in [3.8, 4) is 0 Å². The third-order valence-electron chi connectivity index (χ3n) is 2.99. The summed E-state index contributed by atoms with van der Waals surface area (Å²) in [7, 11) is 0. The quantitative estimate of drug-likeness (QED) is 0.779. The molecule has 1 N–H and O–H groups in total. The molecule has 126 valence electrons. The van der Waals surface area contributed by atoms with E-state index < -0.39 is 24.5 Å². The second-order valence-corrected chi connectivity index (χ2v) is 5.56. The van der Waals surface area contributed by atoms with E-state index in [0.717, 1.165) is 5.56 Å². The van der Waals surface area contributed by atoms with Gasteiger partial charge < -0.3 is 14.8 Å². The summed E-state index contributed by atoms with van der Waals surface area (Å²) >= 11 is 1.49. The predicted octanol–water partition coefficient (Wildman–Crippen LogP) is 2.65. The Morgan fingerprint density at radius 2 is 1.92 bits per heavy atom. The third-order valence-corrected chi connectivity index (χ3v) is 3.72. The molecule has 24 heavy (non-hydrogen) atoms. The monoisotopic (exact) mass is 347 g/mol. The highest BCUT2D eigenvalue weighted by molar-refractivity contribution is 7.07. The second-order valence-electron chi connectivity index (χ2n) is 4.78. The van der Waals surface area contributed by atoms with Crippen LogP contribution in [0.2, 0.25) is 0 Å². The number of rotatable bonds is 7. The van der Waals surface area contributed by atoms with Crippen LogP contribution in [-0.2, 0) is 25.5 Å². The van der Waals surface area contributed by atoms with Crippen molar-refractivity contribution in [2.75, 3.05) is 18.5 Å². The lowest BCUT2D eigenvalue weighted by Gasteiger charge is -2.10. The van der Waals surface area contributed by atoms with E-state index in [4.69, 9.17) is 9.47 Å². The van der Waals surface area contributed by atoms with Gasteiger partial charge in [-0.2, -0.15) is 11.3 Å². The zero-order chi connectivity index (χ0) is 17.4. The molecule has 0 saturated carbocycles. The Hall–Kier alpha value is -2.67. The highest BCUT2D eigenvalue weighted by Gasteiger charge is 2.15. The number of anilines is 1. The van der Waals surface area contributed by atoms with Crippen molar-refractivity contribution < 1.29 is 23.9 Å². The first-order valence-electron chi connectivity index (χ1n) is 7.33. The number of ether oxygens (including phenoxy) is 2. The summed E-state index contributed by atoms with van der Waals surface area (Å²) in [6, 6.07) is 8.30. The summed E-state index contributed by atoms with van der Waals surface area (Å²) in [6.45, 7) is 1.52. The van der Waals surface area contributed by atoms with E-state index in [1.54, 1.807) is 31.2 Å². The lowest BCUT2D eigenvalue weighted by Crippen LogP contribution is -2.23. The largest absolute Gasteiger partial charge is 0.462 e. The van der Waals surface area contributed by atoms with Crippen molar-refractivity contribution in [1.82, 2.24) is 0 Å². The lowest BCUT2D eigenvalue weighted by molar-refractivity contribution is -0.146. The zero-order valence-corrected chi connectivity index (χ0v) is 13.9. The Kier molecular flexibility index (Phi) is 6.51. The molecule has 0 aliphatic rings. The van der Waals surface area contributed by atoms with Crippen molar-refractivity contribution in [3.63, 3.8) is 0 Å². The molecular weight excluding hydrogens is 330 g/mol. The topological polar surface area (TPSA) is 81.7 Å². The minimum absolute atomic E-state index is 0.121. The fourth-order valence-electron chi connectivity index (χ4n) is 1.92. The van der Waals surface area contributed by atoms with Crippen molar-refractivity contribution in [3.05, 3.63) is 52.2 Å². The molecule has 0 spiro atoms. The van der Waals surface area contributed by atoms with Crippen LogP contribution in [0.4, 0.5) is 5.69 Å². The number of carbonyl (C=O) groups is 3. The number of benzene rings is 1. The van der Waals surface area contributed by atoms with Crippen molar-refractivity contribution in [2.24, 2.45) is 0 Å². The first-order chi connectivity index (χ1) is 11.6. The summed E-state index contributed by atoms with van der Waals surface area (Å²) < 4.78 is 9.87. The predicted molar refractivity (Wildman–Crippen MR) is 90.0 cm³/mol. The Morgan fingerprint density at radius 1 is 1.12 bits per heavy atom. The van der Waals surface area contributed by atoms with Crippen LogP contribution in [0, 0.1) is 0 Å². The minimum Gasteiger partial charge on any atom is -0.462 e. The SMILES string of the molecule is CCOC(=O)c1ccccc1NC(=O)COC(=O)Cc1ccsc1. The van der Waals surface area contributed by atoms with Crippen molar-refractivity contribution >= 4 is 34.9 Å². The van der Waals surface area contributed by atoms with Crippen LogP contribution in [0.25, 0.3) is 0 Å². The number of hydrogen-bond acceptors (Lipinski definition) is 6. The van der Waals surface area contributed by atoms with Gasteiger partial charge in [0, 0.05) is 0 Å². The van der Waals surface area contributed by atoms with E-state index in [1.165, 1.54) is 11.3 Å².